The molecule has 0 fully saturated rings. The summed E-state index contributed by atoms with van der Waals surface area (Å²) in [4.78, 5) is 24.0. The molecule has 2 aromatic carbocycles. The minimum absolute atomic E-state index is 0.0674. The summed E-state index contributed by atoms with van der Waals surface area (Å²) >= 11 is 0. The molecule has 2 N–H and O–H groups in total. The summed E-state index contributed by atoms with van der Waals surface area (Å²) in [5.74, 6) is 0.465. The summed E-state index contributed by atoms with van der Waals surface area (Å²) in [6, 6.07) is 11.9. The first kappa shape index (κ1) is 20.4. The van der Waals surface area contributed by atoms with E-state index in [9.17, 15) is 9.59 Å². The minimum Gasteiger partial charge on any atom is -0.325 e. The molecule has 0 spiro atoms. The Kier molecular flexibility index (Phi) is 7.60. The summed E-state index contributed by atoms with van der Waals surface area (Å²) in [7, 11) is 2.76. The molecule has 138 valence electrons. The van der Waals surface area contributed by atoms with Crippen molar-refractivity contribution in [2.24, 2.45) is 0 Å². The van der Waals surface area contributed by atoms with Crippen molar-refractivity contribution in [3.63, 3.8) is 0 Å². The molecule has 0 aliphatic carbocycles. The fourth-order valence-corrected chi connectivity index (χ4v) is 4.35. The number of aryl methyl sites for hydroxylation is 4. The van der Waals surface area contributed by atoms with Crippen LogP contribution in [0.3, 0.4) is 0 Å². The molecule has 0 saturated heterocycles. The molecular weight excluding hydrogens is 364 g/mol. The van der Waals surface area contributed by atoms with E-state index in [1.54, 1.807) is 0 Å². The highest BCUT2D eigenvalue weighted by Gasteiger charge is 2.07. The third kappa shape index (κ3) is 7.14. The molecule has 6 heteroatoms. The monoisotopic (exact) mass is 388 g/mol. The first-order valence-corrected chi connectivity index (χ1v) is 10.8. The zero-order valence-electron chi connectivity index (χ0n) is 15.5. The molecule has 0 radical (unpaired) electrons. The second kappa shape index (κ2) is 9.69. The van der Waals surface area contributed by atoms with Crippen LogP contribution in [-0.4, -0.2) is 23.3 Å². The normalized spacial score (nSPS) is 10.5. The van der Waals surface area contributed by atoms with Gasteiger partial charge in [-0.2, -0.15) is 0 Å². The van der Waals surface area contributed by atoms with Gasteiger partial charge in [-0.05, 0) is 74.2 Å². The van der Waals surface area contributed by atoms with Gasteiger partial charge >= 0.3 is 0 Å². The molecule has 0 aliphatic heterocycles. The van der Waals surface area contributed by atoms with Gasteiger partial charge in [0.2, 0.25) is 11.8 Å². The van der Waals surface area contributed by atoms with Crippen molar-refractivity contribution in [3.05, 3.63) is 58.7 Å². The predicted octanol–water partition coefficient (Wildman–Crippen LogP) is 4.88. The van der Waals surface area contributed by atoms with Crippen molar-refractivity contribution in [1.82, 2.24) is 0 Å². The van der Waals surface area contributed by atoms with Crippen molar-refractivity contribution in [2.45, 2.75) is 27.7 Å². The van der Waals surface area contributed by atoms with Crippen LogP contribution in [0.1, 0.15) is 22.3 Å². The van der Waals surface area contributed by atoms with Gasteiger partial charge in [0, 0.05) is 11.4 Å². The van der Waals surface area contributed by atoms with Crippen LogP contribution >= 0.6 is 21.6 Å². The second-order valence-electron chi connectivity index (χ2n) is 6.37. The van der Waals surface area contributed by atoms with Gasteiger partial charge in [0.1, 0.15) is 0 Å². The molecule has 0 aromatic heterocycles. The maximum absolute atomic E-state index is 12.0. The number of hydrogen-bond donors (Lipinski definition) is 2. The molecule has 0 heterocycles. The van der Waals surface area contributed by atoms with E-state index in [1.807, 2.05) is 52.0 Å². The lowest BCUT2D eigenvalue weighted by Crippen LogP contribution is -2.15. The zero-order valence-corrected chi connectivity index (χ0v) is 17.1. The number of amides is 2. The summed E-state index contributed by atoms with van der Waals surface area (Å²) in [5.41, 5.74) is 6.09. The highest BCUT2D eigenvalue weighted by molar-refractivity contribution is 8.77. The van der Waals surface area contributed by atoms with Crippen molar-refractivity contribution in [3.8, 4) is 0 Å². The molecule has 0 unspecified atom stereocenters. The van der Waals surface area contributed by atoms with E-state index < -0.39 is 0 Å². The van der Waals surface area contributed by atoms with E-state index in [2.05, 4.69) is 22.8 Å². The van der Waals surface area contributed by atoms with Crippen LogP contribution in [0, 0.1) is 27.7 Å². The van der Waals surface area contributed by atoms with Gasteiger partial charge in [-0.3, -0.25) is 9.59 Å². The van der Waals surface area contributed by atoms with Gasteiger partial charge in [0.05, 0.1) is 11.5 Å². The maximum atomic E-state index is 12.0. The Morgan fingerprint density at radius 2 is 0.962 bits per heavy atom. The molecule has 26 heavy (non-hydrogen) atoms. The number of carbonyl (C=O) groups is 2. The Bertz CT molecular complexity index is 698. The topological polar surface area (TPSA) is 58.2 Å². The summed E-state index contributed by atoms with van der Waals surface area (Å²) in [5, 5.41) is 5.78. The van der Waals surface area contributed by atoms with Crippen molar-refractivity contribution < 1.29 is 9.59 Å². The lowest BCUT2D eigenvalue weighted by Gasteiger charge is -2.08. The van der Waals surface area contributed by atoms with E-state index in [-0.39, 0.29) is 11.8 Å². The number of benzene rings is 2. The van der Waals surface area contributed by atoms with Gasteiger partial charge in [-0.1, -0.05) is 33.7 Å². The number of carbonyl (C=O) groups excluding carboxylic acids is 2. The fourth-order valence-electron chi connectivity index (χ4n) is 2.68. The molecule has 0 bridgehead atoms. The minimum atomic E-state index is -0.0674. The average Bonchev–Trinajstić information content (AvgIpc) is 2.49. The Balaban J connectivity index is 1.70. The quantitative estimate of drug-likeness (QED) is 0.524. The van der Waals surface area contributed by atoms with Gasteiger partial charge < -0.3 is 10.6 Å². The van der Waals surface area contributed by atoms with Gasteiger partial charge in [-0.15, -0.1) is 0 Å². The molecule has 2 amide bonds. The Morgan fingerprint density at radius 1 is 0.654 bits per heavy atom. The molecule has 4 nitrogen and oxygen atoms in total. The SMILES string of the molecule is Cc1cc(C)cc(NC(=O)CSSCC(=O)Nc2cc(C)cc(C)c2)c1. The van der Waals surface area contributed by atoms with E-state index in [0.29, 0.717) is 11.5 Å². The second-order valence-corrected chi connectivity index (χ2v) is 8.84. The van der Waals surface area contributed by atoms with Gasteiger partial charge in [0.25, 0.3) is 0 Å². The van der Waals surface area contributed by atoms with E-state index in [0.717, 1.165) is 33.6 Å². The summed E-state index contributed by atoms with van der Waals surface area (Å²) in [6.07, 6.45) is 0. The zero-order chi connectivity index (χ0) is 19.1. The summed E-state index contributed by atoms with van der Waals surface area (Å²) in [6.45, 7) is 8.01. The number of rotatable bonds is 7. The molecule has 0 saturated carbocycles. The Labute approximate surface area is 162 Å². The average molecular weight is 389 g/mol. The van der Waals surface area contributed by atoms with Crippen molar-refractivity contribution in [1.29, 1.82) is 0 Å². The van der Waals surface area contributed by atoms with Crippen LogP contribution in [0.4, 0.5) is 11.4 Å². The number of nitrogens with one attached hydrogen (secondary N) is 2. The third-order valence-corrected chi connectivity index (χ3v) is 5.61. The molecule has 2 rings (SSSR count). The van der Waals surface area contributed by atoms with E-state index in [4.69, 9.17) is 0 Å². The Morgan fingerprint density at radius 3 is 1.27 bits per heavy atom. The van der Waals surface area contributed by atoms with Crippen LogP contribution in [0.25, 0.3) is 0 Å². The molecule has 2 aromatic rings. The standard InChI is InChI=1S/C20H24N2O2S2/c1-13-5-14(2)8-17(7-13)21-19(23)11-25-26-12-20(24)22-18-9-15(3)6-16(4)10-18/h5-10H,11-12H2,1-4H3,(H,21,23)(H,22,24). The van der Waals surface area contributed by atoms with Crippen LogP contribution in [0.5, 0.6) is 0 Å². The van der Waals surface area contributed by atoms with Crippen LogP contribution in [-0.2, 0) is 9.59 Å². The lowest BCUT2D eigenvalue weighted by atomic mass is 10.1. The lowest BCUT2D eigenvalue weighted by molar-refractivity contribution is -0.114. The number of anilines is 2. The molecule has 0 atom stereocenters. The van der Waals surface area contributed by atoms with E-state index >= 15 is 0 Å². The van der Waals surface area contributed by atoms with Crippen LogP contribution in [0.15, 0.2) is 36.4 Å². The number of hydrogen-bond acceptors (Lipinski definition) is 4. The van der Waals surface area contributed by atoms with Gasteiger partial charge in [0.15, 0.2) is 0 Å². The van der Waals surface area contributed by atoms with Gasteiger partial charge in [-0.25, -0.2) is 0 Å². The largest absolute Gasteiger partial charge is 0.325 e. The summed E-state index contributed by atoms with van der Waals surface area (Å²) < 4.78 is 0. The third-order valence-electron chi connectivity index (χ3n) is 3.47. The molecular formula is C20H24N2O2S2. The first-order valence-electron chi connectivity index (χ1n) is 8.32. The van der Waals surface area contributed by atoms with Crippen molar-refractivity contribution in [2.75, 3.05) is 22.1 Å². The predicted molar refractivity (Wildman–Crippen MR) is 114 cm³/mol. The van der Waals surface area contributed by atoms with Crippen LogP contribution in [0.2, 0.25) is 0 Å². The Hall–Kier alpha value is -1.92. The molecule has 0 aliphatic rings. The maximum Gasteiger partial charge on any atom is 0.235 e. The van der Waals surface area contributed by atoms with Crippen molar-refractivity contribution >= 4 is 44.8 Å². The highest BCUT2D eigenvalue weighted by atomic mass is 33.1. The van der Waals surface area contributed by atoms with E-state index in [1.165, 1.54) is 21.6 Å². The smallest absolute Gasteiger partial charge is 0.235 e. The highest BCUT2D eigenvalue weighted by Crippen LogP contribution is 2.22. The van der Waals surface area contributed by atoms with Crippen LogP contribution < -0.4 is 10.6 Å². The fraction of sp³-hybridized carbons (Fsp3) is 0.300. The first-order chi connectivity index (χ1) is 12.3.